The molecule has 13 heteroatoms. The number of anilines is 2. The van der Waals surface area contributed by atoms with Gasteiger partial charge >= 0.3 is 6.18 Å². The summed E-state index contributed by atoms with van der Waals surface area (Å²) in [6.45, 7) is 2.69. The van der Waals surface area contributed by atoms with Crippen LogP contribution in [0.2, 0.25) is 0 Å². The highest BCUT2D eigenvalue weighted by Gasteiger charge is 2.36. The number of ether oxygens (including phenoxy) is 4. The van der Waals surface area contributed by atoms with E-state index in [9.17, 15) is 18.0 Å². The molecule has 236 valence electrons. The summed E-state index contributed by atoms with van der Waals surface area (Å²) in [5, 5.41) is -0.877. The van der Waals surface area contributed by atoms with Crippen LogP contribution in [0.4, 0.5) is 28.4 Å². The van der Waals surface area contributed by atoms with E-state index < -0.39 is 29.4 Å². The number of amides is 1. The Bertz CT molecular complexity index is 1260. The van der Waals surface area contributed by atoms with Crippen LogP contribution in [0.1, 0.15) is 51.0 Å². The van der Waals surface area contributed by atoms with Crippen LogP contribution in [0.5, 0.6) is 5.75 Å². The van der Waals surface area contributed by atoms with Crippen molar-refractivity contribution in [1.29, 1.82) is 0 Å². The predicted molar refractivity (Wildman–Crippen MR) is 156 cm³/mol. The molecule has 3 aromatic rings. The van der Waals surface area contributed by atoms with Crippen molar-refractivity contribution in [3.05, 3.63) is 53.4 Å². The highest BCUT2D eigenvalue weighted by atomic mass is 32.1. The molecule has 0 saturated heterocycles. The molecule has 3 rings (SSSR count). The van der Waals surface area contributed by atoms with Gasteiger partial charge in [0.15, 0.2) is 5.13 Å². The van der Waals surface area contributed by atoms with Crippen molar-refractivity contribution in [2.24, 2.45) is 0 Å². The molecule has 0 saturated carbocycles. The van der Waals surface area contributed by atoms with Crippen molar-refractivity contribution >= 4 is 28.1 Å². The smallest absolute Gasteiger partial charge is 0.420 e. The Morgan fingerprint density at radius 2 is 1.72 bits per heavy atom. The van der Waals surface area contributed by atoms with E-state index in [0.29, 0.717) is 36.5 Å². The van der Waals surface area contributed by atoms with E-state index in [2.05, 4.69) is 16.9 Å². The number of benzene rings is 1. The number of carbonyl (C=O) groups is 1. The first-order chi connectivity index (χ1) is 20.8. The minimum absolute atomic E-state index is 0.0511. The van der Waals surface area contributed by atoms with Crippen LogP contribution < -0.4 is 9.64 Å². The quantitative estimate of drug-likeness (QED) is 0.101. The molecule has 0 fully saturated rings. The summed E-state index contributed by atoms with van der Waals surface area (Å²) < 4.78 is 78.6. The van der Waals surface area contributed by atoms with Crippen molar-refractivity contribution in [3.8, 4) is 17.0 Å². The van der Waals surface area contributed by atoms with Crippen LogP contribution in [0.25, 0.3) is 11.3 Å². The molecule has 8 nitrogen and oxygen atoms in total. The molecule has 0 spiro atoms. The lowest BCUT2D eigenvalue weighted by Crippen LogP contribution is -2.30. The standard InChI is InChI=1S/C30H37F4N3O5S/c1-3-4-5-6-7-8-14-42-25-12-11-23(19-24(25)30(32,33)34)37(26(38)21-41-18-17-40-16-15-39-2)29-36-27(28(31)43-29)22-10-9-13-35-20-22/h9-13,19-20H,3-8,14-18,21H2,1-2H3. The maximum atomic E-state index is 15.0. The molecule has 0 radical (unpaired) electrons. The number of methoxy groups -OCH3 is 1. The fraction of sp³-hybridized carbons (Fsp3) is 0.500. The third-order valence-corrected chi connectivity index (χ3v) is 7.09. The van der Waals surface area contributed by atoms with Gasteiger partial charge in [0.05, 0.1) is 44.3 Å². The zero-order valence-corrected chi connectivity index (χ0v) is 25.1. The second-order valence-corrected chi connectivity index (χ2v) is 10.5. The van der Waals surface area contributed by atoms with E-state index in [-0.39, 0.29) is 42.1 Å². The van der Waals surface area contributed by atoms with Gasteiger partial charge in [-0.3, -0.25) is 14.7 Å². The first kappa shape index (κ1) is 34.4. The van der Waals surface area contributed by atoms with Gasteiger partial charge < -0.3 is 18.9 Å². The number of aromatic nitrogens is 2. The van der Waals surface area contributed by atoms with Gasteiger partial charge in [0.25, 0.3) is 5.91 Å². The molecule has 0 atom stereocenters. The number of rotatable bonds is 19. The maximum absolute atomic E-state index is 15.0. The highest BCUT2D eigenvalue weighted by molar-refractivity contribution is 7.14. The van der Waals surface area contributed by atoms with Crippen LogP contribution >= 0.6 is 11.3 Å². The summed E-state index contributed by atoms with van der Waals surface area (Å²) in [5.74, 6) is -1.08. The summed E-state index contributed by atoms with van der Waals surface area (Å²) in [4.78, 5) is 22.5. The lowest BCUT2D eigenvalue weighted by Gasteiger charge is -2.22. The van der Waals surface area contributed by atoms with E-state index in [1.807, 2.05) is 0 Å². The monoisotopic (exact) mass is 627 g/mol. The zero-order valence-electron chi connectivity index (χ0n) is 24.3. The van der Waals surface area contributed by atoms with Gasteiger partial charge in [-0.1, -0.05) is 50.4 Å². The number of nitrogens with zero attached hydrogens (tertiary/aromatic N) is 3. The number of alkyl halides is 3. The highest BCUT2D eigenvalue weighted by Crippen LogP contribution is 2.41. The van der Waals surface area contributed by atoms with E-state index in [1.165, 1.54) is 31.6 Å². The lowest BCUT2D eigenvalue weighted by atomic mass is 10.1. The van der Waals surface area contributed by atoms with Gasteiger partial charge in [0.1, 0.15) is 18.1 Å². The molecule has 0 unspecified atom stereocenters. The molecule has 0 aliphatic carbocycles. The average Bonchev–Trinajstić information content (AvgIpc) is 3.37. The van der Waals surface area contributed by atoms with Gasteiger partial charge in [-0.05, 0) is 36.8 Å². The fourth-order valence-electron chi connectivity index (χ4n) is 4.08. The van der Waals surface area contributed by atoms with E-state index in [1.54, 1.807) is 12.1 Å². The maximum Gasteiger partial charge on any atom is 0.420 e. The first-order valence-electron chi connectivity index (χ1n) is 14.1. The number of thiazole rings is 1. The molecule has 43 heavy (non-hydrogen) atoms. The number of pyridine rings is 1. The molecule has 0 N–H and O–H groups in total. The SMILES string of the molecule is CCCCCCCCOc1ccc(N(C(=O)COCCOCCOC)c2nc(-c3cccnc3)c(F)s2)cc1C(F)(F)F. The van der Waals surface area contributed by atoms with Gasteiger partial charge in [0.2, 0.25) is 5.13 Å². The van der Waals surface area contributed by atoms with Crippen LogP contribution in [-0.4, -0.2) is 62.6 Å². The van der Waals surface area contributed by atoms with Crippen LogP contribution in [0.15, 0.2) is 42.7 Å². The lowest BCUT2D eigenvalue weighted by molar-refractivity contribution is -0.139. The molecule has 0 aliphatic heterocycles. The second kappa shape index (κ2) is 17.9. The number of unbranched alkanes of at least 4 members (excludes halogenated alkanes) is 5. The Labute approximate surface area is 253 Å². The van der Waals surface area contributed by atoms with Crippen molar-refractivity contribution < 1.29 is 41.3 Å². The average molecular weight is 628 g/mol. The van der Waals surface area contributed by atoms with Crippen molar-refractivity contribution in [3.63, 3.8) is 0 Å². The normalized spacial score (nSPS) is 11.6. The Balaban J connectivity index is 1.85. The number of hydrogen-bond donors (Lipinski definition) is 0. The molecule has 0 bridgehead atoms. The predicted octanol–water partition coefficient (Wildman–Crippen LogP) is 7.45. The summed E-state index contributed by atoms with van der Waals surface area (Å²) in [6.07, 6.45) is 3.91. The number of carbonyl (C=O) groups excluding carboxylic acids is 1. The van der Waals surface area contributed by atoms with Crippen molar-refractivity contribution in [1.82, 2.24) is 9.97 Å². The second-order valence-electron chi connectivity index (χ2n) is 9.54. The third-order valence-electron chi connectivity index (χ3n) is 6.26. The minimum atomic E-state index is -4.77. The molecular weight excluding hydrogens is 590 g/mol. The number of halogens is 4. The topological polar surface area (TPSA) is 83.0 Å². The summed E-state index contributed by atoms with van der Waals surface area (Å²) in [7, 11) is 1.53. The third kappa shape index (κ3) is 10.8. The molecule has 0 aliphatic rings. The van der Waals surface area contributed by atoms with Gasteiger partial charge in [-0.25, -0.2) is 4.98 Å². The van der Waals surface area contributed by atoms with Crippen molar-refractivity contribution in [2.45, 2.75) is 51.6 Å². The Morgan fingerprint density at radius 1 is 0.977 bits per heavy atom. The minimum Gasteiger partial charge on any atom is -0.493 e. The number of hydrogen-bond acceptors (Lipinski definition) is 8. The molecular formula is C30H37F4N3O5S. The van der Waals surface area contributed by atoms with E-state index in [4.69, 9.17) is 18.9 Å². The van der Waals surface area contributed by atoms with Crippen LogP contribution in [-0.2, 0) is 25.2 Å². The first-order valence-corrected chi connectivity index (χ1v) is 15.0. The largest absolute Gasteiger partial charge is 0.493 e. The molecule has 2 heterocycles. The van der Waals surface area contributed by atoms with Crippen LogP contribution in [0, 0.1) is 5.13 Å². The summed E-state index contributed by atoms with van der Waals surface area (Å²) >= 11 is 0.529. The van der Waals surface area contributed by atoms with E-state index >= 15 is 4.39 Å². The van der Waals surface area contributed by atoms with Gasteiger partial charge in [-0.2, -0.15) is 17.6 Å². The fourth-order valence-corrected chi connectivity index (χ4v) is 4.94. The zero-order chi connectivity index (χ0) is 31.1. The summed E-state index contributed by atoms with van der Waals surface area (Å²) in [5.41, 5.74) is -0.927. The molecule has 1 amide bonds. The van der Waals surface area contributed by atoms with E-state index in [0.717, 1.165) is 43.1 Å². The molecule has 1 aromatic carbocycles. The van der Waals surface area contributed by atoms with Crippen molar-refractivity contribution in [2.75, 3.05) is 51.7 Å². The van der Waals surface area contributed by atoms with Gasteiger partial charge in [0, 0.05) is 25.1 Å². The Morgan fingerprint density at radius 3 is 2.44 bits per heavy atom. The molecule has 2 aromatic heterocycles. The summed E-state index contributed by atoms with van der Waals surface area (Å²) in [6, 6.07) is 6.49. The Hall–Kier alpha value is -3.13. The Kier molecular flexibility index (Phi) is 14.3. The van der Waals surface area contributed by atoms with Crippen LogP contribution in [0.3, 0.4) is 0 Å². The van der Waals surface area contributed by atoms with Gasteiger partial charge in [-0.15, -0.1) is 0 Å².